The van der Waals surface area contributed by atoms with E-state index >= 15 is 0 Å². The molecule has 8 nitrogen and oxygen atoms in total. The highest BCUT2D eigenvalue weighted by molar-refractivity contribution is 8.04. The van der Waals surface area contributed by atoms with Crippen LogP contribution < -0.4 is 14.2 Å². The fourth-order valence-electron chi connectivity index (χ4n) is 3.77. The summed E-state index contributed by atoms with van der Waals surface area (Å²) in [5, 5.41) is 21.0. The highest BCUT2D eigenvalue weighted by Gasteiger charge is 2.20. The molecule has 0 aliphatic carbocycles. The van der Waals surface area contributed by atoms with Gasteiger partial charge < -0.3 is 23.9 Å². The summed E-state index contributed by atoms with van der Waals surface area (Å²) in [7, 11) is 4.73. The minimum atomic E-state index is -1.07. The average molecular weight is 492 g/mol. The number of aliphatic carboxylic acids is 1. The third-order valence-corrected chi connectivity index (χ3v) is 6.48. The fourth-order valence-corrected chi connectivity index (χ4v) is 4.63. The van der Waals surface area contributed by atoms with Gasteiger partial charge in [0, 0.05) is 23.7 Å². The van der Waals surface area contributed by atoms with Gasteiger partial charge in [-0.2, -0.15) is 0 Å². The Kier molecular flexibility index (Phi) is 7.26. The van der Waals surface area contributed by atoms with E-state index in [1.807, 2.05) is 60.0 Å². The number of ether oxygens (including phenoxy) is 3. The van der Waals surface area contributed by atoms with Crippen LogP contribution in [0.5, 0.6) is 17.2 Å². The van der Waals surface area contributed by atoms with E-state index in [0.29, 0.717) is 40.3 Å². The normalized spacial score (nSPS) is 11.5. The molecule has 35 heavy (non-hydrogen) atoms. The maximum Gasteiger partial charge on any atom is 0.342 e. The van der Waals surface area contributed by atoms with Gasteiger partial charge in [0.15, 0.2) is 11.0 Å². The maximum absolute atomic E-state index is 12.3. The van der Waals surface area contributed by atoms with Crippen LogP contribution in [0.2, 0.25) is 0 Å². The van der Waals surface area contributed by atoms with Crippen LogP contribution in [0.1, 0.15) is 12.5 Å². The highest BCUT2D eigenvalue weighted by Crippen LogP contribution is 2.36. The Morgan fingerprint density at radius 1 is 1.00 bits per heavy atom. The van der Waals surface area contributed by atoms with E-state index < -0.39 is 5.97 Å². The smallest absolute Gasteiger partial charge is 0.342 e. The Bertz CT molecular complexity index is 1390. The minimum Gasteiger partial charge on any atom is -0.497 e. The SMILES string of the molecule is CCn1c(S/C(=C\c2c(OC)ccc3ccccc23)C(=O)O)nnc1-c1cc(OC)cc(OC)c1. The van der Waals surface area contributed by atoms with Crippen molar-refractivity contribution in [3.05, 3.63) is 65.1 Å². The number of carbonyl (C=O) groups is 1. The Balaban J connectivity index is 1.79. The molecule has 4 rings (SSSR count). The van der Waals surface area contributed by atoms with Crippen molar-refractivity contribution in [1.82, 2.24) is 14.8 Å². The molecule has 0 spiro atoms. The number of fused-ring (bicyclic) bond motifs is 1. The molecule has 9 heteroatoms. The van der Waals surface area contributed by atoms with Gasteiger partial charge >= 0.3 is 5.97 Å². The third kappa shape index (κ3) is 4.95. The van der Waals surface area contributed by atoms with Crippen molar-refractivity contribution in [2.75, 3.05) is 21.3 Å². The predicted molar refractivity (Wildman–Crippen MR) is 136 cm³/mol. The molecule has 1 aromatic heterocycles. The molecule has 0 atom stereocenters. The number of hydrogen-bond acceptors (Lipinski definition) is 7. The molecule has 180 valence electrons. The average Bonchev–Trinajstić information content (AvgIpc) is 3.30. The molecular weight excluding hydrogens is 466 g/mol. The van der Waals surface area contributed by atoms with Crippen LogP contribution in [0.3, 0.4) is 0 Å². The van der Waals surface area contributed by atoms with Crippen LogP contribution in [0.4, 0.5) is 0 Å². The van der Waals surface area contributed by atoms with Gasteiger partial charge in [-0.15, -0.1) is 10.2 Å². The zero-order valence-electron chi connectivity index (χ0n) is 19.8. The van der Waals surface area contributed by atoms with Crippen molar-refractivity contribution < 1.29 is 24.1 Å². The zero-order valence-corrected chi connectivity index (χ0v) is 20.6. The van der Waals surface area contributed by atoms with Gasteiger partial charge in [0.05, 0.1) is 21.3 Å². The first kappa shape index (κ1) is 24.2. The number of benzene rings is 3. The predicted octanol–water partition coefficient (Wildman–Crippen LogP) is 5.36. The van der Waals surface area contributed by atoms with Crippen molar-refractivity contribution in [3.63, 3.8) is 0 Å². The maximum atomic E-state index is 12.3. The first-order chi connectivity index (χ1) is 17.0. The number of carboxylic acids is 1. The summed E-state index contributed by atoms with van der Waals surface area (Å²) in [4.78, 5) is 12.4. The molecule has 0 saturated carbocycles. The lowest BCUT2D eigenvalue weighted by Gasteiger charge is -2.12. The lowest BCUT2D eigenvalue weighted by atomic mass is 10.0. The number of carboxylic acid groups (broad SMARTS) is 1. The highest BCUT2D eigenvalue weighted by atomic mass is 32.2. The molecule has 4 aromatic rings. The number of thioether (sulfide) groups is 1. The summed E-state index contributed by atoms with van der Waals surface area (Å²) in [5.74, 6) is 1.34. The van der Waals surface area contributed by atoms with Crippen LogP contribution >= 0.6 is 11.8 Å². The largest absolute Gasteiger partial charge is 0.497 e. The first-order valence-electron chi connectivity index (χ1n) is 10.8. The van der Waals surface area contributed by atoms with Crippen LogP contribution in [0, 0.1) is 0 Å². The molecule has 0 radical (unpaired) electrons. The summed E-state index contributed by atoms with van der Waals surface area (Å²) >= 11 is 1.04. The standard InChI is InChI=1S/C26H25N3O5S/c1-5-29-24(17-12-18(32-2)14-19(13-17)33-3)27-28-26(29)35-23(25(30)31)15-21-20-9-7-6-8-16(20)10-11-22(21)34-4/h6-15H,5H2,1-4H3,(H,30,31)/b23-15-. The van der Waals surface area contributed by atoms with E-state index in [2.05, 4.69) is 10.2 Å². The Morgan fingerprint density at radius 3 is 2.34 bits per heavy atom. The lowest BCUT2D eigenvalue weighted by Crippen LogP contribution is -2.03. The second kappa shape index (κ2) is 10.5. The lowest BCUT2D eigenvalue weighted by molar-refractivity contribution is -0.131. The summed E-state index contributed by atoms with van der Waals surface area (Å²) in [6.07, 6.45) is 1.62. The Morgan fingerprint density at radius 2 is 1.71 bits per heavy atom. The monoisotopic (exact) mass is 491 g/mol. The van der Waals surface area contributed by atoms with Gasteiger partial charge in [0.1, 0.15) is 22.2 Å². The molecule has 3 aromatic carbocycles. The van der Waals surface area contributed by atoms with E-state index in [1.165, 1.54) is 0 Å². The number of methoxy groups -OCH3 is 3. The van der Waals surface area contributed by atoms with Crippen LogP contribution in [0.15, 0.2) is 64.7 Å². The van der Waals surface area contributed by atoms with Gasteiger partial charge in [0.25, 0.3) is 0 Å². The topological polar surface area (TPSA) is 95.7 Å². The number of aromatic nitrogens is 3. The second-order valence-electron chi connectivity index (χ2n) is 7.47. The van der Waals surface area contributed by atoms with E-state index in [1.54, 1.807) is 33.5 Å². The van der Waals surface area contributed by atoms with E-state index in [-0.39, 0.29) is 4.91 Å². The van der Waals surface area contributed by atoms with Gasteiger partial charge in [-0.3, -0.25) is 0 Å². The molecule has 0 aliphatic heterocycles. The van der Waals surface area contributed by atoms with Crippen molar-refractivity contribution in [2.24, 2.45) is 0 Å². The van der Waals surface area contributed by atoms with Gasteiger partial charge in [-0.25, -0.2) is 4.79 Å². The van der Waals surface area contributed by atoms with Crippen molar-refractivity contribution >= 4 is 34.6 Å². The number of nitrogens with zero attached hydrogens (tertiary/aromatic N) is 3. The van der Waals surface area contributed by atoms with Gasteiger partial charge in [-0.1, -0.05) is 30.3 Å². The first-order valence-corrected chi connectivity index (χ1v) is 11.7. The minimum absolute atomic E-state index is 0.0940. The number of rotatable bonds is 9. The zero-order chi connectivity index (χ0) is 24.9. The Labute approximate surface area is 207 Å². The molecule has 0 bridgehead atoms. The molecule has 0 unspecified atom stereocenters. The van der Waals surface area contributed by atoms with Crippen LogP contribution in [-0.2, 0) is 11.3 Å². The van der Waals surface area contributed by atoms with Crippen LogP contribution in [0.25, 0.3) is 28.2 Å². The molecule has 0 amide bonds. The number of hydrogen-bond donors (Lipinski definition) is 1. The van der Waals surface area contributed by atoms with Crippen molar-refractivity contribution in [2.45, 2.75) is 18.6 Å². The molecule has 0 aliphatic rings. The van der Waals surface area contributed by atoms with Crippen LogP contribution in [-0.4, -0.2) is 47.2 Å². The van der Waals surface area contributed by atoms with Gasteiger partial charge in [0.2, 0.25) is 0 Å². The molecular formula is C26H25N3O5S. The van der Waals surface area contributed by atoms with Crippen molar-refractivity contribution in [1.29, 1.82) is 0 Å². The fraction of sp³-hybridized carbons (Fsp3) is 0.192. The van der Waals surface area contributed by atoms with E-state index in [9.17, 15) is 9.90 Å². The van der Waals surface area contributed by atoms with Crippen molar-refractivity contribution in [3.8, 4) is 28.6 Å². The summed E-state index contributed by atoms with van der Waals surface area (Å²) in [6.45, 7) is 2.49. The second-order valence-corrected chi connectivity index (χ2v) is 8.48. The van der Waals surface area contributed by atoms with E-state index in [0.717, 1.165) is 28.1 Å². The Hall–Kier alpha value is -3.98. The summed E-state index contributed by atoms with van der Waals surface area (Å²) in [6, 6.07) is 17.0. The quantitative estimate of drug-likeness (QED) is 0.247. The van der Waals surface area contributed by atoms with E-state index in [4.69, 9.17) is 14.2 Å². The third-order valence-electron chi connectivity index (χ3n) is 5.48. The summed E-state index contributed by atoms with van der Waals surface area (Å²) in [5.41, 5.74) is 1.44. The summed E-state index contributed by atoms with van der Waals surface area (Å²) < 4.78 is 18.1. The van der Waals surface area contributed by atoms with Gasteiger partial charge in [-0.05, 0) is 53.7 Å². The molecule has 1 heterocycles. The molecule has 0 saturated heterocycles. The molecule has 0 fully saturated rings. The molecule has 1 N–H and O–H groups in total.